The molecule has 0 N–H and O–H groups in total. The van der Waals surface area contributed by atoms with Gasteiger partial charge in [0, 0.05) is 17.1 Å². The van der Waals surface area contributed by atoms with Gasteiger partial charge in [0.1, 0.15) is 0 Å². The maximum absolute atomic E-state index is 12.7. The Bertz CT molecular complexity index is 899. The molecule has 0 aromatic carbocycles. The Morgan fingerprint density at radius 2 is 0.900 bits per heavy atom. The molecule has 3 aliphatic rings. The van der Waals surface area contributed by atoms with E-state index in [2.05, 4.69) is 0 Å². The molecule has 0 amide bonds. The van der Waals surface area contributed by atoms with Crippen molar-refractivity contribution in [2.75, 3.05) is 39.9 Å². The largest absolute Gasteiger partial charge is 0.465 e. The van der Waals surface area contributed by atoms with Crippen molar-refractivity contribution in [3.63, 3.8) is 0 Å². The molecule has 0 radical (unpaired) electrons. The van der Waals surface area contributed by atoms with Crippen LogP contribution in [0.4, 0.5) is 0 Å². The molecule has 8 nitrogen and oxygen atoms in total. The van der Waals surface area contributed by atoms with Crippen molar-refractivity contribution < 1.29 is 38.1 Å². The quantitative estimate of drug-likeness (QED) is 0.429. The molecular formula is C18H16O8S4. The number of esters is 4. The van der Waals surface area contributed by atoms with Gasteiger partial charge in [0.25, 0.3) is 0 Å². The van der Waals surface area contributed by atoms with Crippen molar-refractivity contribution in [1.82, 2.24) is 0 Å². The standard InChI is InChI=1S/C18H16O8S4/c1-23-12(19)7-8(13(20)24-2)10(15(22)26-4)11(9(7)14(21)25-3)16-29-17-18(30-16)28-6-5-27-17/h5-6H2,1-4H3. The van der Waals surface area contributed by atoms with Gasteiger partial charge in [-0.05, 0) is 0 Å². The molecule has 2 aliphatic heterocycles. The van der Waals surface area contributed by atoms with E-state index < -0.39 is 23.9 Å². The lowest BCUT2D eigenvalue weighted by atomic mass is 10.0. The lowest BCUT2D eigenvalue weighted by Gasteiger charge is -2.11. The fourth-order valence-corrected chi connectivity index (χ4v) is 8.92. The fraction of sp³-hybridized carbons (Fsp3) is 0.333. The van der Waals surface area contributed by atoms with E-state index in [0.717, 1.165) is 48.4 Å². The molecule has 0 unspecified atom stereocenters. The van der Waals surface area contributed by atoms with E-state index in [4.69, 9.17) is 18.9 Å². The third-order valence-electron chi connectivity index (χ3n) is 4.10. The van der Waals surface area contributed by atoms with Gasteiger partial charge in [-0.25, -0.2) is 19.2 Å². The number of carbonyl (C=O) groups excluding carboxylic acids is 4. The van der Waals surface area contributed by atoms with Crippen LogP contribution in [-0.2, 0) is 38.1 Å². The topological polar surface area (TPSA) is 105 Å². The number of methoxy groups -OCH3 is 4. The van der Waals surface area contributed by atoms with E-state index in [1.807, 2.05) is 0 Å². The maximum Gasteiger partial charge on any atom is 0.339 e. The highest BCUT2D eigenvalue weighted by atomic mass is 32.3. The Morgan fingerprint density at radius 3 is 1.23 bits per heavy atom. The summed E-state index contributed by atoms with van der Waals surface area (Å²) < 4.78 is 22.0. The van der Waals surface area contributed by atoms with E-state index in [1.165, 1.54) is 23.5 Å². The highest BCUT2D eigenvalue weighted by molar-refractivity contribution is 8.41. The molecule has 2 heterocycles. The van der Waals surface area contributed by atoms with Crippen molar-refractivity contribution >= 4 is 70.9 Å². The minimum absolute atomic E-state index is 0.111. The Kier molecular flexibility index (Phi) is 7.32. The zero-order chi connectivity index (χ0) is 22.0. The van der Waals surface area contributed by atoms with Crippen LogP contribution in [-0.4, -0.2) is 63.8 Å². The number of hydrogen-bond acceptors (Lipinski definition) is 12. The molecule has 0 saturated carbocycles. The lowest BCUT2D eigenvalue weighted by molar-refractivity contribution is -0.140. The van der Waals surface area contributed by atoms with Crippen molar-refractivity contribution in [2.24, 2.45) is 0 Å². The highest BCUT2D eigenvalue weighted by Crippen LogP contribution is 2.62. The Labute approximate surface area is 189 Å². The van der Waals surface area contributed by atoms with Crippen LogP contribution in [0, 0.1) is 0 Å². The molecule has 0 atom stereocenters. The van der Waals surface area contributed by atoms with E-state index >= 15 is 0 Å². The number of ether oxygens (including phenoxy) is 4. The Morgan fingerprint density at radius 1 is 0.567 bits per heavy atom. The summed E-state index contributed by atoms with van der Waals surface area (Å²) in [6, 6.07) is 0. The number of thioether (sulfide) groups is 4. The first kappa shape index (κ1) is 22.9. The molecule has 160 valence electrons. The second kappa shape index (κ2) is 9.58. The summed E-state index contributed by atoms with van der Waals surface area (Å²) in [5, 5.41) is 0. The first-order valence-corrected chi connectivity index (χ1v) is 11.9. The van der Waals surface area contributed by atoms with Gasteiger partial charge in [-0.3, -0.25) is 0 Å². The zero-order valence-electron chi connectivity index (χ0n) is 16.3. The summed E-state index contributed by atoms with van der Waals surface area (Å²) in [5.74, 6) is -1.85. The Hall–Kier alpha value is -1.76. The normalized spacial score (nSPS) is 18.5. The second-order valence-electron chi connectivity index (χ2n) is 5.60. The van der Waals surface area contributed by atoms with Gasteiger partial charge in [0.2, 0.25) is 0 Å². The molecule has 0 aromatic heterocycles. The summed E-state index contributed by atoms with van der Waals surface area (Å²) in [7, 11) is 4.50. The van der Waals surface area contributed by atoms with Crippen molar-refractivity contribution in [3.8, 4) is 0 Å². The molecule has 30 heavy (non-hydrogen) atoms. The van der Waals surface area contributed by atoms with Crippen LogP contribution in [0.25, 0.3) is 0 Å². The zero-order valence-corrected chi connectivity index (χ0v) is 19.6. The van der Waals surface area contributed by atoms with Crippen molar-refractivity contribution in [1.29, 1.82) is 0 Å². The van der Waals surface area contributed by atoms with Gasteiger partial charge in [-0.15, -0.1) is 23.5 Å². The van der Waals surface area contributed by atoms with Crippen LogP contribution in [0.1, 0.15) is 0 Å². The van der Waals surface area contributed by atoms with Crippen LogP contribution >= 0.6 is 47.0 Å². The predicted octanol–water partition coefficient (Wildman–Crippen LogP) is 2.58. The smallest absolute Gasteiger partial charge is 0.339 e. The molecule has 1 aliphatic carbocycles. The van der Waals surface area contributed by atoms with Crippen LogP contribution in [0.15, 0.2) is 40.6 Å². The van der Waals surface area contributed by atoms with E-state index in [9.17, 15) is 19.2 Å². The summed E-state index contributed by atoms with van der Waals surface area (Å²) in [6.45, 7) is 0. The van der Waals surface area contributed by atoms with Crippen molar-refractivity contribution in [3.05, 3.63) is 40.6 Å². The monoisotopic (exact) mass is 488 g/mol. The van der Waals surface area contributed by atoms with Gasteiger partial charge in [0.15, 0.2) is 0 Å². The summed E-state index contributed by atoms with van der Waals surface area (Å²) in [4.78, 5) is 50.7. The fourth-order valence-electron chi connectivity index (χ4n) is 2.87. The van der Waals surface area contributed by atoms with Crippen molar-refractivity contribution in [2.45, 2.75) is 0 Å². The molecular weight excluding hydrogens is 472 g/mol. The highest BCUT2D eigenvalue weighted by Gasteiger charge is 2.47. The van der Waals surface area contributed by atoms with E-state index in [-0.39, 0.29) is 27.9 Å². The van der Waals surface area contributed by atoms with Gasteiger partial charge >= 0.3 is 23.9 Å². The number of hydrogen-bond donors (Lipinski definition) is 0. The van der Waals surface area contributed by atoms with Crippen LogP contribution in [0.3, 0.4) is 0 Å². The predicted molar refractivity (Wildman–Crippen MR) is 116 cm³/mol. The van der Waals surface area contributed by atoms with Gasteiger partial charge in [-0.2, -0.15) is 0 Å². The summed E-state index contributed by atoms with van der Waals surface area (Å²) in [5.41, 5.74) is -1.11. The molecule has 3 rings (SSSR count). The molecule has 0 spiro atoms. The second-order valence-corrected chi connectivity index (χ2v) is 10.6. The van der Waals surface area contributed by atoms with E-state index in [1.54, 1.807) is 23.5 Å². The summed E-state index contributed by atoms with van der Waals surface area (Å²) >= 11 is 6.09. The molecule has 0 saturated heterocycles. The molecule has 0 bridgehead atoms. The average Bonchev–Trinajstić information content (AvgIpc) is 3.35. The SMILES string of the molecule is COC(=O)C1=C(C(=O)OC)C(C(=O)OC)=C(C(=O)OC)C1=C1SC2=C(SCCS2)S1. The third-order valence-corrected chi connectivity index (χ3v) is 9.89. The summed E-state index contributed by atoms with van der Waals surface area (Å²) in [6.07, 6.45) is 0. The first-order valence-electron chi connectivity index (χ1n) is 8.32. The van der Waals surface area contributed by atoms with Crippen LogP contribution < -0.4 is 0 Å². The average molecular weight is 489 g/mol. The lowest BCUT2D eigenvalue weighted by Crippen LogP contribution is -2.18. The van der Waals surface area contributed by atoms with E-state index in [0.29, 0.717) is 4.24 Å². The Balaban J connectivity index is 2.34. The minimum atomic E-state index is -0.970. The number of rotatable bonds is 4. The van der Waals surface area contributed by atoms with Gasteiger partial charge in [-0.1, -0.05) is 23.5 Å². The van der Waals surface area contributed by atoms with Crippen LogP contribution in [0.2, 0.25) is 0 Å². The first-order chi connectivity index (χ1) is 14.4. The molecule has 12 heteroatoms. The molecule has 0 aromatic rings. The molecule has 0 fully saturated rings. The number of carbonyl (C=O) groups is 4. The van der Waals surface area contributed by atoms with Gasteiger partial charge in [0.05, 0.1) is 63.4 Å². The minimum Gasteiger partial charge on any atom is -0.465 e. The third kappa shape index (κ3) is 3.93. The maximum atomic E-state index is 12.7. The van der Waals surface area contributed by atoms with Crippen LogP contribution in [0.5, 0.6) is 0 Å². The van der Waals surface area contributed by atoms with Gasteiger partial charge < -0.3 is 18.9 Å².